The van der Waals surface area contributed by atoms with Gasteiger partial charge in [0.15, 0.2) is 6.10 Å². The van der Waals surface area contributed by atoms with Gasteiger partial charge in [-0.05, 0) is 55.8 Å². The molecular weight excluding hydrogens is 297 g/mol. The second-order valence-corrected chi connectivity index (χ2v) is 5.01. The Morgan fingerprint density at radius 3 is 2.30 bits per heavy atom. The molecule has 0 bridgehead atoms. The van der Waals surface area contributed by atoms with Crippen LogP contribution in [0.15, 0.2) is 48.5 Å². The molecule has 0 aromatic heterocycles. The van der Waals surface area contributed by atoms with Crippen LogP contribution in [0.4, 0.5) is 4.39 Å². The number of amides is 1. The lowest BCUT2D eigenvalue weighted by Gasteiger charge is -2.15. The van der Waals surface area contributed by atoms with Gasteiger partial charge in [-0.15, -0.1) is 0 Å². The van der Waals surface area contributed by atoms with Crippen molar-refractivity contribution in [2.45, 2.75) is 26.5 Å². The Kier molecular flexibility index (Phi) is 5.97. The molecule has 0 aliphatic heterocycles. The van der Waals surface area contributed by atoms with Gasteiger partial charge < -0.3 is 14.8 Å². The first-order valence-electron chi connectivity index (χ1n) is 7.50. The van der Waals surface area contributed by atoms with E-state index in [-0.39, 0.29) is 11.7 Å². The first-order valence-corrected chi connectivity index (χ1v) is 7.50. The summed E-state index contributed by atoms with van der Waals surface area (Å²) in [5.74, 6) is 0.680. The van der Waals surface area contributed by atoms with Crippen molar-refractivity contribution in [3.63, 3.8) is 0 Å². The Morgan fingerprint density at radius 1 is 1.09 bits per heavy atom. The maximum Gasteiger partial charge on any atom is 0.261 e. The predicted octanol–water partition coefficient (Wildman–Crippen LogP) is 3.31. The van der Waals surface area contributed by atoms with Gasteiger partial charge in [0.2, 0.25) is 0 Å². The molecule has 122 valence electrons. The minimum atomic E-state index is -0.664. The normalized spacial score (nSPS) is 11.6. The molecule has 0 heterocycles. The maximum atomic E-state index is 12.8. The molecule has 0 radical (unpaired) electrons. The highest BCUT2D eigenvalue weighted by Crippen LogP contribution is 2.14. The van der Waals surface area contributed by atoms with Crippen LogP contribution < -0.4 is 14.8 Å². The summed E-state index contributed by atoms with van der Waals surface area (Å²) >= 11 is 0. The van der Waals surface area contributed by atoms with E-state index >= 15 is 0 Å². The number of nitrogens with one attached hydrogen (secondary N) is 1. The molecule has 4 nitrogen and oxygen atoms in total. The fraction of sp³-hybridized carbons (Fsp3) is 0.278. The van der Waals surface area contributed by atoms with Crippen LogP contribution in [0.25, 0.3) is 0 Å². The van der Waals surface area contributed by atoms with E-state index in [9.17, 15) is 9.18 Å². The number of hydrogen-bond acceptors (Lipinski definition) is 3. The van der Waals surface area contributed by atoms with Crippen molar-refractivity contribution in [2.75, 3.05) is 6.61 Å². The van der Waals surface area contributed by atoms with Gasteiger partial charge in [-0.2, -0.15) is 0 Å². The van der Waals surface area contributed by atoms with Gasteiger partial charge in [-0.1, -0.05) is 12.1 Å². The Bertz CT molecular complexity index is 626. The number of carbonyl (C=O) groups is 1. The topological polar surface area (TPSA) is 47.6 Å². The van der Waals surface area contributed by atoms with E-state index in [4.69, 9.17) is 9.47 Å². The fourth-order valence-corrected chi connectivity index (χ4v) is 1.97. The van der Waals surface area contributed by atoms with Crippen LogP contribution >= 0.6 is 0 Å². The van der Waals surface area contributed by atoms with Gasteiger partial charge in [0.1, 0.15) is 17.3 Å². The average molecular weight is 317 g/mol. The first kappa shape index (κ1) is 16.8. The Morgan fingerprint density at radius 2 is 1.70 bits per heavy atom. The zero-order chi connectivity index (χ0) is 16.7. The SMILES string of the molecule is CCOc1ccc(CNC(=O)[C@@H](C)Oc2ccc(F)cc2)cc1. The Hall–Kier alpha value is -2.56. The fourth-order valence-electron chi connectivity index (χ4n) is 1.97. The molecule has 0 fully saturated rings. The number of carbonyl (C=O) groups excluding carboxylic acids is 1. The van der Waals surface area contributed by atoms with Gasteiger partial charge in [0.25, 0.3) is 5.91 Å². The lowest BCUT2D eigenvalue weighted by molar-refractivity contribution is -0.127. The monoisotopic (exact) mass is 317 g/mol. The molecular formula is C18H20FNO3. The van der Waals surface area contributed by atoms with Crippen molar-refractivity contribution in [3.05, 3.63) is 59.9 Å². The number of benzene rings is 2. The number of halogens is 1. The highest BCUT2D eigenvalue weighted by atomic mass is 19.1. The number of rotatable bonds is 7. The van der Waals surface area contributed by atoms with E-state index in [0.29, 0.717) is 18.9 Å². The van der Waals surface area contributed by atoms with Crippen LogP contribution in [0.3, 0.4) is 0 Å². The minimum absolute atomic E-state index is 0.233. The quantitative estimate of drug-likeness (QED) is 0.852. The summed E-state index contributed by atoms with van der Waals surface area (Å²) in [6.45, 7) is 4.60. The van der Waals surface area contributed by atoms with Crippen LogP contribution in [0, 0.1) is 5.82 Å². The van der Waals surface area contributed by atoms with E-state index in [0.717, 1.165) is 11.3 Å². The van der Waals surface area contributed by atoms with E-state index in [1.54, 1.807) is 6.92 Å². The van der Waals surface area contributed by atoms with Crippen LogP contribution in [0.2, 0.25) is 0 Å². The molecule has 2 aromatic carbocycles. The van der Waals surface area contributed by atoms with E-state index < -0.39 is 6.10 Å². The molecule has 0 unspecified atom stereocenters. The molecule has 1 amide bonds. The number of ether oxygens (including phenoxy) is 2. The van der Waals surface area contributed by atoms with Gasteiger partial charge >= 0.3 is 0 Å². The van der Waals surface area contributed by atoms with Crippen molar-refractivity contribution in [1.29, 1.82) is 0 Å². The van der Waals surface area contributed by atoms with Gasteiger partial charge in [-0.25, -0.2) is 4.39 Å². The van der Waals surface area contributed by atoms with E-state index in [2.05, 4.69) is 5.32 Å². The van der Waals surface area contributed by atoms with E-state index in [1.807, 2.05) is 31.2 Å². The lowest BCUT2D eigenvalue weighted by atomic mass is 10.2. The van der Waals surface area contributed by atoms with Crippen LogP contribution in [-0.4, -0.2) is 18.6 Å². The van der Waals surface area contributed by atoms with Crippen molar-refractivity contribution >= 4 is 5.91 Å². The summed E-state index contributed by atoms with van der Waals surface area (Å²) < 4.78 is 23.7. The molecule has 1 N–H and O–H groups in total. The third kappa shape index (κ3) is 5.29. The first-order chi connectivity index (χ1) is 11.1. The number of hydrogen-bond donors (Lipinski definition) is 1. The van der Waals surface area contributed by atoms with Crippen molar-refractivity contribution in [3.8, 4) is 11.5 Å². The second-order valence-electron chi connectivity index (χ2n) is 5.01. The van der Waals surface area contributed by atoms with Gasteiger partial charge in [-0.3, -0.25) is 4.79 Å². The summed E-state index contributed by atoms with van der Waals surface area (Å²) in [5.41, 5.74) is 0.968. The van der Waals surface area contributed by atoms with Crippen LogP contribution in [0.5, 0.6) is 11.5 Å². The largest absolute Gasteiger partial charge is 0.494 e. The summed E-state index contributed by atoms with van der Waals surface area (Å²) in [5, 5.41) is 2.80. The highest BCUT2D eigenvalue weighted by molar-refractivity contribution is 5.80. The standard InChI is InChI=1S/C18H20FNO3/c1-3-22-16-8-4-14(5-9-16)12-20-18(21)13(2)23-17-10-6-15(19)7-11-17/h4-11,13H,3,12H2,1-2H3,(H,20,21)/t13-/m1/s1. The zero-order valence-electron chi connectivity index (χ0n) is 13.2. The Balaban J connectivity index is 1.82. The van der Waals surface area contributed by atoms with Crippen molar-refractivity contribution < 1.29 is 18.7 Å². The maximum absolute atomic E-state index is 12.8. The predicted molar refractivity (Wildman–Crippen MR) is 85.9 cm³/mol. The highest BCUT2D eigenvalue weighted by Gasteiger charge is 2.14. The molecule has 2 aromatic rings. The molecule has 5 heteroatoms. The molecule has 0 saturated carbocycles. The van der Waals surface area contributed by atoms with Crippen LogP contribution in [0.1, 0.15) is 19.4 Å². The second kappa shape index (κ2) is 8.17. The zero-order valence-corrected chi connectivity index (χ0v) is 13.2. The summed E-state index contributed by atoms with van der Waals surface area (Å²) in [4.78, 5) is 12.0. The molecule has 0 spiro atoms. The molecule has 0 saturated heterocycles. The summed E-state index contributed by atoms with van der Waals surface area (Å²) in [6.07, 6.45) is -0.664. The molecule has 0 aliphatic carbocycles. The Labute approximate surface area is 135 Å². The molecule has 0 aliphatic rings. The summed E-state index contributed by atoms with van der Waals surface area (Å²) in [6, 6.07) is 13.1. The summed E-state index contributed by atoms with van der Waals surface area (Å²) in [7, 11) is 0. The van der Waals surface area contributed by atoms with Gasteiger partial charge in [0, 0.05) is 6.54 Å². The molecule has 2 rings (SSSR count). The van der Waals surface area contributed by atoms with Crippen molar-refractivity contribution in [1.82, 2.24) is 5.32 Å². The van der Waals surface area contributed by atoms with Gasteiger partial charge in [0.05, 0.1) is 6.61 Å². The molecule has 1 atom stereocenters. The molecule has 23 heavy (non-hydrogen) atoms. The average Bonchev–Trinajstić information content (AvgIpc) is 2.56. The minimum Gasteiger partial charge on any atom is -0.494 e. The third-order valence-electron chi connectivity index (χ3n) is 3.20. The van der Waals surface area contributed by atoms with Crippen molar-refractivity contribution in [2.24, 2.45) is 0 Å². The van der Waals surface area contributed by atoms with Crippen LogP contribution in [-0.2, 0) is 11.3 Å². The van der Waals surface area contributed by atoms with E-state index in [1.165, 1.54) is 24.3 Å². The third-order valence-corrected chi connectivity index (χ3v) is 3.20. The lowest BCUT2D eigenvalue weighted by Crippen LogP contribution is -2.35. The smallest absolute Gasteiger partial charge is 0.261 e.